The SMILES string of the molecule is COc1ccc(-c2nn(CCNS(=O)(=O)c3cccc(Cl)c3)c(=O)n2C2CC2)cc1. The van der Waals surface area contributed by atoms with E-state index in [0.717, 1.165) is 18.4 Å². The number of halogens is 1. The number of nitrogens with zero attached hydrogens (tertiary/aromatic N) is 3. The molecule has 4 rings (SSSR count). The minimum Gasteiger partial charge on any atom is -0.497 e. The van der Waals surface area contributed by atoms with E-state index in [2.05, 4.69) is 9.82 Å². The molecular formula is C20H21ClN4O4S. The van der Waals surface area contributed by atoms with Gasteiger partial charge in [0.2, 0.25) is 10.0 Å². The first-order valence-electron chi connectivity index (χ1n) is 9.48. The minimum atomic E-state index is -3.73. The lowest BCUT2D eigenvalue weighted by Gasteiger charge is -2.06. The maximum absolute atomic E-state index is 12.9. The zero-order valence-electron chi connectivity index (χ0n) is 16.3. The van der Waals surface area contributed by atoms with E-state index in [-0.39, 0.29) is 29.7 Å². The Balaban J connectivity index is 1.54. The summed E-state index contributed by atoms with van der Waals surface area (Å²) in [5.74, 6) is 1.29. The fourth-order valence-corrected chi connectivity index (χ4v) is 4.49. The van der Waals surface area contributed by atoms with Crippen molar-refractivity contribution in [1.29, 1.82) is 0 Å². The summed E-state index contributed by atoms with van der Waals surface area (Å²) in [6.45, 7) is 0.139. The molecule has 1 aromatic heterocycles. The first-order chi connectivity index (χ1) is 14.4. The van der Waals surface area contributed by atoms with Gasteiger partial charge in [-0.05, 0) is 55.3 Å². The first kappa shape index (κ1) is 20.6. The number of ether oxygens (including phenoxy) is 1. The van der Waals surface area contributed by atoms with E-state index >= 15 is 0 Å². The predicted molar refractivity (Wildman–Crippen MR) is 113 cm³/mol. The van der Waals surface area contributed by atoms with Crippen LogP contribution in [0.2, 0.25) is 5.02 Å². The van der Waals surface area contributed by atoms with Crippen LogP contribution >= 0.6 is 11.6 Å². The molecule has 30 heavy (non-hydrogen) atoms. The van der Waals surface area contributed by atoms with Crippen molar-refractivity contribution in [1.82, 2.24) is 19.1 Å². The van der Waals surface area contributed by atoms with Crippen molar-refractivity contribution >= 4 is 21.6 Å². The van der Waals surface area contributed by atoms with Crippen LogP contribution < -0.4 is 15.1 Å². The van der Waals surface area contributed by atoms with Gasteiger partial charge in [-0.3, -0.25) is 4.57 Å². The highest BCUT2D eigenvalue weighted by Gasteiger charge is 2.30. The van der Waals surface area contributed by atoms with Crippen molar-refractivity contribution in [2.75, 3.05) is 13.7 Å². The van der Waals surface area contributed by atoms with Crippen LogP contribution in [-0.2, 0) is 16.6 Å². The number of hydrogen-bond donors (Lipinski definition) is 1. The summed E-state index contributed by atoms with van der Waals surface area (Å²) in [4.78, 5) is 13.0. The van der Waals surface area contributed by atoms with Crippen LogP contribution in [0, 0.1) is 0 Å². The Morgan fingerprint density at radius 1 is 1.20 bits per heavy atom. The van der Waals surface area contributed by atoms with Crippen molar-refractivity contribution < 1.29 is 13.2 Å². The average molecular weight is 449 g/mol. The molecule has 0 aliphatic heterocycles. The molecule has 0 unspecified atom stereocenters. The fraction of sp³-hybridized carbons (Fsp3) is 0.300. The number of rotatable bonds is 8. The first-order valence-corrected chi connectivity index (χ1v) is 11.3. The second-order valence-corrected chi connectivity index (χ2v) is 9.22. The molecule has 1 N–H and O–H groups in total. The molecule has 1 heterocycles. The molecule has 3 aromatic rings. The molecule has 2 aromatic carbocycles. The Kier molecular flexibility index (Phi) is 5.68. The number of methoxy groups -OCH3 is 1. The normalized spacial score (nSPS) is 14.1. The van der Waals surface area contributed by atoms with E-state index in [0.29, 0.717) is 16.6 Å². The highest BCUT2D eigenvalue weighted by atomic mass is 35.5. The van der Waals surface area contributed by atoms with Gasteiger partial charge < -0.3 is 4.74 Å². The number of aromatic nitrogens is 3. The van der Waals surface area contributed by atoms with Gasteiger partial charge in [-0.1, -0.05) is 17.7 Å². The molecule has 1 saturated carbocycles. The smallest absolute Gasteiger partial charge is 0.346 e. The lowest BCUT2D eigenvalue weighted by molar-refractivity contribution is 0.415. The minimum absolute atomic E-state index is 0.0263. The van der Waals surface area contributed by atoms with Gasteiger partial charge in [0.05, 0.1) is 18.6 Å². The third-order valence-corrected chi connectivity index (χ3v) is 6.55. The molecule has 0 spiro atoms. The van der Waals surface area contributed by atoms with E-state index in [4.69, 9.17) is 16.3 Å². The summed E-state index contributed by atoms with van der Waals surface area (Å²) in [6.07, 6.45) is 1.85. The molecule has 8 nitrogen and oxygen atoms in total. The van der Waals surface area contributed by atoms with Crippen molar-refractivity contribution in [3.05, 3.63) is 64.0 Å². The monoisotopic (exact) mass is 448 g/mol. The van der Waals surface area contributed by atoms with Gasteiger partial charge in [-0.15, -0.1) is 5.10 Å². The van der Waals surface area contributed by atoms with Crippen LogP contribution in [0.25, 0.3) is 11.4 Å². The van der Waals surface area contributed by atoms with Crippen LogP contribution in [-0.4, -0.2) is 36.4 Å². The van der Waals surface area contributed by atoms with E-state index in [1.54, 1.807) is 23.8 Å². The van der Waals surface area contributed by atoms with Gasteiger partial charge in [0, 0.05) is 23.2 Å². The van der Waals surface area contributed by atoms with Crippen molar-refractivity contribution in [3.8, 4) is 17.1 Å². The van der Waals surface area contributed by atoms with Gasteiger partial charge in [-0.25, -0.2) is 22.6 Å². The topological polar surface area (TPSA) is 95.2 Å². The summed E-state index contributed by atoms with van der Waals surface area (Å²) in [7, 11) is -2.14. The van der Waals surface area contributed by atoms with Crippen LogP contribution in [0.4, 0.5) is 0 Å². The standard InChI is InChI=1S/C20H21ClN4O4S/c1-29-17-9-5-14(6-10-17)19-23-24(20(26)25(19)16-7-8-16)12-11-22-30(27,28)18-4-2-3-15(21)13-18/h2-6,9-10,13,16,22H,7-8,11-12H2,1H3. The maximum atomic E-state index is 12.9. The van der Waals surface area contributed by atoms with Crippen LogP contribution in [0.1, 0.15) is 18.9 Å². The molecule has 1 aliphatic rings. The summed E-state index contributed by atoms with van der Waals surface area (Å²) in [6, 6.07) is 13.5. The third kappa shape index (κ3) is 4.28. The Labute approximate surface area is 179 Å². The molecular weight excluding hydrogens is 428 g/mol. The summed E-state index contributed by atoms with van der Waals surface area (Å²) < 4.78 is 35.5. The lowest BCUT2D eigenvalue weighted by Crippen LogP contribution is -2.32. The van der Waals surface area contributed by atoms with Crippen LogP contribution in [0.3, 0.4) is 0 Å². The second-order valence-electron chi connectivity index (χ2n) is 7.01. The fourth-order valence-electron chi connectivity index (χ4n) is 3.17. The Bertz CT molecular complexity index is 1210. The lowest BCUT2D eigenvalue weighted by atomic mass is 10.2. The van der Waals surface area contributed by atoms with Crippen molar-refractivity contribution in [2.24, 2.45) is 0 Å². The maximum Gasteiger partial charge on any atom is 0.346 e. The molecule has 1 fully saturated rings. The molecule has 1 aliphatic carbocycles. The number of nitrogens with one attached hydrogen (secondary N) is 1. The number of hydrogen-bond acceptors (Lipinski definition) is 5. The Morgan fingerprint density at radius 2 is 1.93 bits per heavy atom. The molecule has 10 heteroatoms. The van der Waals surface area contributed by atoms with E-state index in [1.165, 1.54) is 16.8 Å². The molecule has 0 bridgehead atoms. The van der Waals surface area contributed by atoms with Gasteiger partial charge in [0.25, 0.3) is 0 Å². The zero-order valence-corrected chi connectivity index (χ0v) is 17.9. The summed E-state index contributed by atoms with van der Waals surface area (Å²) in [5.41, 5.74) is 0.559. The van der Waals surface area contributed by atoms with Crippen molar-refractivity contribution in [2.45, 2.75) is 30.3 Å². The Hall–Kier alpha value is -2.62. The molecule has 0 amide bonds. The second kappa shape index (κ2) is 8.25. The van der Waals surface area contributed by atoms with Gasteiger partial charge in [0.15, 0.2) is 5.82 Å². The van der Waals surface area contributed by atoms with Crippen LogP contribution in [0.15, 0.2) is 58.2 Å². The van der Waals surface area contributed by atoms with Gasteiger partial charge in [0.1, 0.15) is 5.75 Å². The molecule has 0 saturated heterocycles. The number of benzene rings is 2. The van der Waals surface area contributed by atoms with Crippen molar-refractivity contribution in [3.63, 3.8) is 0 Å². The average Bonchev–Trinajstić information content (AvgIpc) is 3.52. The van der Waals surface area contributed by atoms with E-state index < -0.39 is 10.0 Å². The molecule has 0 atom stereocenters. The summed E-state index contributed by atoms with van der Waals surface area (Å²) in [5, 5.41) is 4.81. The quantitative estimate of drug-likeness (QED) is 0.571. The summed E-state index contributed by atoms with van der Waals surface area (Å²) >= 11 is 5.88. The van der Waals surface area contributed by atoms with Gasteiger partial charge in [-0.2, -0.15) is 0 Å². The van der Waals surface area contributed by atoms with Crippen LogP contribution in [0.5, 0.6) is 5.75 Å². The molecule has 0 radical (unpaired) electrons. The largest absolute Gasteiger partial charge is 0.497 e. The molecule has 158 valence electrons. The van der Waals surface area contributed by atoms with Gasteiger partial charge >= 0.3 is 5.69 Å². The highest BCUT2D eigenvalue weighted by molar-refractivity contribution is 7.89. The number of sulfonamides is 1. The Morgan fingerprint density at radius 3 is 2.57 bits per heavy atom. The van der Waals surface area contributed by atoms with E-state index in [1.807, 2.05) is 24.3 Å². The van der Waals surface area contributed by atoms with E-state index in [9.17, 15) is 13.2 Å². The third-order valence-electron chi connectivity index (χ3n) is 4.85. The zero-order chi connectivity index (χ0) is 21.3. The predicted octanol–water partition coefficient (Wildman–Crippen LogP) is 2.69. The highest BCUT2D eigenvalue weighted by Crippen LogP contribution is 2.36.